The first kappa shape index (κ1) is 22.4. The Labute approximate surface area is 192 Å². The fourth-order valence-electron chi connectivity index (χ4n) is 4.06. The van der Waals surface area contributed by atoms with E-state index >= 15 is 0 Å². The smallest absolute Gasteiger partial charge is 0.354 e. The first-order valence-electron chi connectivity index (χ1n) is 10.9. The Bertz CT molecular complexity index is 1230. The molecule has 0 saturated heterocycles. The van der Waals surface area contributed by atoms with Crippen LogP contribution in [0.2, 0.25) is 0 Å². The minimum Gasteiger partial charge on any atom is -0.464 e. The van der Waals surface area contributed by atoms with Gasteiger partial charge in [0.1, 0.15) is 11.4 Å². The van der Waals surface area contributed by atoms with Crippen LogP contribution in [0.5, 0.6) is 0 Å². The molecule has 3 aromatic rings. The molecule has 1 aromatic carbocycles. The molecular formula is C25H28N4O4. The largest absolute Gasteiger partial charge is 0.464 e. The molecule has 33 heavy (non-hydrogen) atoms. The van der Waals surface area contributed by atoms with E-state index in [0.717, 1.165) is 34.2 Å². The number of amides is 2. The quantitative estimate of drug-likeness (QED) is 0.566. The zero-order chi connectivity index (χ0) is 23.5. The van der Waals surface area contributed by atoms with Crippen molar-refractivity contribution < 1.29 is 19.1 Å². The van der Waals surface area contributed by atoms with Crippen LogP contribution in [-0.4, -0.2) is 71.8 Å². The van der Waals surface area contributed by atoms with Gasteiger partial charge in [-0.1, -0.05) is 18.2 Å². The second-order valence-electron chi connectivity index (χ2n) is 8.41. The van der Waals surface area contributed by atoms with Gasteiger partial charge in [-0.3, -0.25) is 9.59 Å². The number of nitrogens with one attached hydrogen (secondary N) is 2. The minimum atomic E-state index is -0.421. The second-order valence-corrected chi connectivity index (χ2v) is 8.41. The number of carbonyl (C=O) groups excluding carboxylic acids is 3. The van der Waals surface area contributed by atoms with Crippen molar-refractivity contribution in [1.82, 2.24) is 19.8 Å². The molecule has 0 unspecified atom stereocenters. The third-order valence-corrected chi connectivity index (χ3v) is 5.89. The third kappa shape index (κ3) is 4.84. The van der Waals surface area contributed by atoms with Gasteiger partial charge < -0.3 is 24.5 Å². The summed E-state index contributed by atoms with van der Waals surface area (Å²) in [6, 6.07) is 11.4. The first-order chi connectivity index (χ1) is 15.9. The molecule has 0 fully saturated rings. The van der Waals surface area contributed by atoms with Crippen LogP contribution in [-0.2, 0) is 16.0 Å². The van der Waals surface area contributed by atoms with Crippen LogP contribution in [0, 0.1) is 0 Å². The zero-order valence-corrected chi connectivity index (χ0v) is 19.1. The summed E-state index contributed by atoms with van der Waals surface area (Å²) in [5, 5.41) is 0.977. The molecule has 2 amide bonds. The van der Waals surface area contributed by atoms with E-state index in [0.29, 0.717) is 37.3 Å². The number of carbonyl (C=O) groups is 3. The van der Waals surface area contributed by atoms with Crippen LogP contribution in [0.3, 0.4) is 0 Å². The number of aromatic amines is 2. The molecule has 8 heteroatoms. The van der Waals surface area contributed by atoms with Crippen molar-refractivity contribution in [2.24, 2.45) is 0 Å². The Morgan fingerprint density at radius 3 is 2.64 bits per heavy atom. The number of benzene rings is 1. The lowest BCUT2D eigenvalue weighted by molar-refractivity contribution is -0.130. The Balaban J connectivity index is 1.41. The maximum atomic E-state index is 12.8. The predicted octanol–water partition coefficient (Wildman–Crippen LogP) is 3.23. The van der Waals surface area contributed by atoms with E-state index < -0.39 is 5.97 Å². The van der Waals surface area contributed by atoms with Crippen molar-refractivity contribution in [3.05, 3.63) is 65.1 Å². The molecule has 0 radical (unpaired) electrons. The van der Waals surface area contributed by atoms with Gasteiger partial charge in [-0.15, -0.1) is 0 Å². The van der Waals surface area contributed by atoms with Gasteiger partial charge in [0.2, 0.25) is 5.91 Å². The molecule has 1 aliphatic heterocycles. The molecule has 2 aromatic heterocycles. The Morgan fingerprint density at radius 2 is 1.88 bits per heavy atom. The number of ether oxygens (including phenoxy) is 1. The summed E-state index contributed by atoms with van der Waals surface area (Å²) in [5.41, 5.74) is 4.81. The molecule has 172 valence electrons. The molecule has 4 rings (SSSR count). The summed E-state index contributed by atoms with van der Waals surface area (Å²) < 4.78 is 4.70. The van der Waals surface area contributed by atoms with Crippen molar-refractivity contribution in [3.63, 3.8) is 0 Å². The number of aryl methyl sites for hydroxylation is 1. The van der Waals surface area contributed by atoms with Gasteiger partial charge in [0.15, 0.2) is 0 Å². The topological polar surface area (TPSA) is 98.5 Å². The Kier molecular flexibility index (Phi) is 6.35. The van der Waals surface area contributed by atoms with Crippen molar-refractivity contribution in [2.75, 3.05) is 34.3 Å². The van der Waals surface area contributed by atoms with E-state index in [1.165, 1.54) is 7.11 Å². The highest BCUT2D eigenvalue weighted by atomic mass is 16.5. The minimum absolute atomic E-state index is 0.0674. The van der Waals surface area contributed by atoms with Gasteiger partial charge in [-0.05, 0) is 48.2 Å². The number of hydrogen-bond donors (Lipinski definition) is 2. The molecule has 0 spiro atoms. The Hall–Kier alpha value is -3.81. The van der Waals surface area contributed by atoms with Gasteiger partial charge in [-0.2, -0.15) is 0 Å². The number of methoxy groups -OCH3 is 1. The summed E-state index contributed by atoms with van der Waals surface area (Å²) in [4.78, 5) is 46.3. The molecule has 0 aliphatic carbocycles. The van der Waals surface area contributed by atoms with E-state index in [1.54, 1.807) is 25.1 Å². The molecular weight excluding hydrogens is 420 g/mol. The number of aromatic nitrogens is 2. The molecule has 8 nitrogen and oxygen atoms in total. The lowest BCUT2D eigenvalue weighted by atomic mass is 9.99. The lowest BCUT2D eigenvalue weighted by Gasteiger charge is -2.28. The fraction of sp³-hybridized carbons (Fsp3) is 0.320. The molecule has 0 bridgehead atoms. The highest BCUT2D eigenvalue weighted by Gasteiger charge is 2.20. The van der Waals surface area contributed by atoms with Crippen molar-refractivity contribution in [3.8, 4) is 0 Å². The number of rotatable bonds is 6. The third-order valence-electron chi connectivity index (χ3n) is 5.89. The number of fused-ring (bicyclic) bond motifs is 1. The van der Waals surface area contributed by atoms with Crippen LogP contribution in [0.1, 0.15) is 45.1 Å². The fourth-order valence-corrected chi connectivity index (χ4v) is 4.06. The molecule has 0 saturated carbocycles. The summed E-state index contributed by atoms with van der Waals surface area (Å²) in [5.74, 6) is -0.410. The van der Waals surface area contributed by atoms with Gasteiger partial charge in [-0.25, -0.2) is 4.79 Å². The normalized spacial score (nSPS) is 13.7. The van der Waals surface area contributed by atoms with Crippen LogP contribution in [0.4, 0.5) is 0 Å². The first-order valence-corrected chi connectivity index (χ1v) is 10.9. The molecule has 3 heterocycles. The lowest BCUT2D eigenvalue weighted by Crippen LogP contribution is -2.35. The predicted molar refractivity (Wildman–Crippen MR) is 126 cm³/mol. The molecule has 1 aliphatic rings. The molecule has 0 atom stereocenters. The van der Waals surface area contributed by atoms with E-state index in [9.17, 15) is 14.4 Å². The van der Waals surface area contributed by atoms with Crippen molar-refractivity contribution in [1.29, 1.82) is 0 Å². The zero-order valence-electron chi connectivity index (χ0n) is 19.1. The van der Waals surface area contributed by atoms with Gasteiger partial charge in [0, 0.05) is 50.2 Å². The number of nitrogens with zero attached hydrogens (tertiary/aromatic N) is 2. The second kappa shape index (κ2) is 9.36. The SMILES string of the molecule is COC(=O)c1ccc(CCC(=O)N2CCC=C(c3ccc4cc(C(=O)N(C)C)[nH]c4c3)C2)[nH]1. The van der Waals surface area contributed by atoms with E-state index in [2.05, 4.69) is 16.0 Å². The van der Waals surface area contributed by atoms with E-state index in [-0.39, 0.29) is 11.8 Å². The van der Waals surface area contributed by atoms with Crippen molar-refractivity contribution in [2.45, 2.75) is 19.3 Å². The van der Waals surface area contributed by atoms with Crippen LogP contribution in [0.25, 0.3) is 16.5 Å². The summed E-state index contributed by atoms with van der Waals surface area (Å²) in [7, 11) is 4.79. The highest BCUT2D eigenvalue weighted by Crippen LogP contribution is 2.26. The highest BCUT2D eigenvalue weighted by molar-refractivity contribution is 5.98. The van der Waals surface area contributed by atoms with Gasteiger partial charge in [0.05, 0.1) is 7.11 Å². The average molecular weight is 449 g/mol. The van der Waals surface area contributed by atoms with E-state index in [4.69, 9.17) is 4.74 Å². The van der Waals surface area contributed by atoms with Crippen LogP contribution in [0.15, 0.2) is 42.5 Å². The summed E-state index contributed by atoms with van der Waals surface area (Å²) in [6.45, 7) is 1.24. The van der Waals surface area contributed by atoms with Gasteiger partial charge >= 0.3 is 5.97 Å². The van der Waals surface area contributed by atoms with E-state index in [1.807, 2.05) is 35.2 Å². The summed E-state index contributed by atoms with van der Waals surface area (Å²) >= 11 is 0. The summed E-state index contributed by atoms with van der Waals surface area (Å²) in [6.07, 6.45) is 3.86. The average Bonchev–Trinajstić information content (AvgIpc) is 3.48. The standard InChI is InChI=1S/C25H28N4O4/c1-28(2)24(31)22-14-17-7-6-16(13-21(17)27-22)18-5-4-12-29(15-18)23(30)11-9-19-8-10-20(26-19)25(32)33-3/h5-8,10,13-14,26-27H,4,9,11-12,15H2,1-3H3. The van der Waals surface area contributed by atoms with Gasteiger partial charge in [0.25, 0.3) is 5.91 Å². The number of esters is 1. The number of H-pyrrole nitrogens is 2. The van der Waals surface area contributed by atoms with Crippen LogP contribution < -0.4 is 0 Å². The maximum Gasteiger partial charge on any atom is 0.354 e. The monoisotopic (exact) mass is 448 g/mol. The molecule has 2 N–H and O–H groups in total. The maximum absolute atomic E-state index is 12.8. The Morgan fingerprint density at radius 1 is 1.06 bits per heavy atom. The van der Waals surface area contributed by atoms with Crippen molar-refractivity contribution >= 4 is 34.3 Å². The number of hydrogen-bond acceptors (Lipinski definition) is 4. The van der Waals surface area contributed by atoms with Crippen LogP contribution >= 0.6 is 0 Å².